The molecule has 4 N–H and O–H groups in total. The zero-order valence-corrected chi connectivity index (χ0v) is 22.9. The van der Waals surface area contributed by atoms with Gasteiger partial charge in [0, 0.05) is 71.0 Å². The van der Waals surface area contributed by atoms with E-state index in [9.17, 15) is 19.8 Å². The summed E-state index contributed by atoms with van der Waals surface area (Å²) in [6.45, 7) is 4.79. The van der Waals surface area contributed by atoms with Gasteiger partial charge < -0.3 is 34.9 Å². The van der Waals surface area contributed by atoms with Gasteiger partial charge in [0.05, 0.1) is 48.4 Å². The van der Waals surface area contributed by atoms with Crippen molar-refractivity contribution in [3.05, 3.63) is 53.6 Å². The summed E-state index contributed by atoms with van der Waals surface area (Å²) in [4.78, 5) is 30.9. The summed E-state index contributed by atoms with van der Waals surface area (Å²) in [5.74, 6) is -0.190. The molecule has 3 aliphatic rings. The van der Waals surface area contributed by atoms with Gasteiger partial charge in [0.25, 0.3) is 5.91 Å². The van der Waals surface area contributed by atoms with E-state index in [4.69, 9.17) is 0 Å². The average Bonchev–Trinajstić information content (AvgIpc) is 3.59. The first-order chi connectivity index (χ1) is 19.9. The summed E-state index contributed by atoms with van der Waals surface area (Å²) in [5, 5.41) is 31.9. The van der Waals surface area contributed by atoms with Crippen LogP contribution in [0, 0.1) is 0 Å². The molecule has 8 rings (SSSR count). The Balaban J connectivity index is 1.36. The Bertz CT molecular complexity index is 1910. The Labute approximate surface area is 235 Å². The van der Waals surface area contributed by atoms with E-state index in [1.54, 1.807) is 0 Å². The molecule has 41 heavy (non-hydrogen) atoms. The van der Waals surface area contributed by atoms with Gasteiger partial charge in [-0.25, -0.2) is 0 Å². The number of carbonyl (C=O) groups excluding carboxylic acids is 2. The number of hydrogen-bond acceptors (Lipinski definition) is 6. The third kappa shape index (κ3) is 3.64. The minimum atomic E-state index is -0.997. The second-order valence-corrected chi connectivity index (χ2v) is 11.7. The van der Waals surface area contributed by atoms with E-state index in [1.807, 2.05) is 41.0 Å². The number of fused-ring (bicyclic) bond motifs is 9. The molecule has 3 aromatic carbocycles. The second kappa shape index (κ2) is 9.02. The van der Waals surface area contributed by atoms with Crippen LogP contribution in [0.4, 0.5) is 5.69 Å². The summed E-state index contributed by atoms with van der Waals surface area (Å²) in [6, 6.07) is 13.8. The monoisotopic (exact) mass is 552 g/mol. The Morgan fingerprint density at radius 2 is 1.61 bits per heavy atom. The predicted molar refractivity (Wildman–Crippen MR) is 158 cm³/mol. The minimum Gasteiger partial charge on any atom is -0.388 e. The van der Waals surface area contributed by atoms with E-state index < -0.39 is 12.2 Å². The summed E-state index contributed by atoms with van der Waals surface area (Å²) in [6.07, 6.45) is -1.96. The molecule has 1 saturated heterocycles. The Hall–Kier alpha value is -3.96. The third-order valence-electron chi connectivity index (χ3n) is 9.20. The van der Waals surface area contributed by atoms with Gasteiger partial charge in [0.2, 0.25) is 5.91 Å². The normalized spacial score (nSPS) is 21.6. The topological polar surface area (TPSA) is 115 Å². The number of nitrogens with zero attached hydrogens (tertiary/aromatic N) is 4. The number of hydrogen-bond donors (Lipinski definition) is 4. The fourth-order valence-corrected chi connectivity index (χ4v) is 7.15. The van der Waals surface area contributed by atoms with E-state index in [2.05, 4.69) is 38.1 Å². The fraction of sp³-hybridized carbons (Fsp3) is 0.355. The van der Waals surface area contributed by atoms with Crippen molar-refractivity contribution in [3.8, 4) is 0 Å². The molecule has 0 radical (unpaired) electrons. The number of rotatable bonds is 3. The first-order valence-electron chi connectivity index (χ1n) is 14.3. The van der Waals surface area contributed by atoms with Crippen molar-refractivity contribution in [2.45, 2.75) is 31.8 Å². The average molecular weight is 553 g/mol. The van der Waals surface area contributed by atoms with Crippen LogP contribution in [0.1, 0.15) is 15.9 Å². The third-order valence-corrected chi connectivity index (χ3v) is 9.20. The highest BCUT2D eigenvalue weighted by Crippen LogP contribution is 2.46. The fourth-order valence-electron chi connectivity index (χ4n) is 7.15. The lowest BCUT2D eigenvalue weighted by Gasteiger charge is -2.31. The molecule has 2 amide bonds. The lowest BCUT2D eigenvalue weighted by atomic mass is 9.96. The molecule has 5 aromatic rings. The molecule has 0 bridgehead atoms. The zero-order chi connectivity index (χ0) is 28.0. The van der Waals surface area contributed by atoms with Crippen molar-refractivity contribution in [2.75, 3.05) is 45.1 Å². The summed E-state index contributed by atoms with van der Waals surface area (Å²) >= 11 is 0. The summed E-state index contributed by atoms with van der Waals surface area (Å²) in [7, 11) is 2.09. The number of aliphatic hydroxyl groups is 2. The van der Waals surface area contributed by atoms with Crippen molar-refractivity contribution in [3.63, 3.8) is 0 Å². The van der Waals surface area contributed by atoms with Crippen molar-refractivity contribution >= 4 is 61.1 Å². The van der Waals surface area contributed by atoms with E-state index in [1.165, 1.54) is 0 Å². The van der Waals surface area contributed by atoms with Crippen molar-refractivity contribution in [1.82, 2.24) is 24.3 Å². The Kier molecular flexibility index (Phi) is 5.46. The van der Waals surface area contributed by atoms with Crippen LogP contribution < -0.4 is 10.6 Å². The molecule has 10 heteroatoms. The molecule has 0 spiro atoms. The standard InChI is InChI=1S/C31H32N6O4/c1-34-8-10-35(11-9-34)16-25(40)33-17-6-7-22-19(12-17)27-28-20(13-32-31(28)41)26-18-4-2-3-5-21(18)36-14-23(38)24(39)15-37(22)30(27)29(26)36/h2-7,12,23-24,38-39H,8-11,13-16H2,1H3,(H,32,41)(H,33,40). The zero-order valence-electron chi connectivity index (χ0n) is 22.9. The van der Waals surface area contributed by atoms with Crippen LogP contribution in [0.25, 0.3) is 43.6 Å². The van der Waals surface area contributed by atoms with Crippen LogP contribution in [0.15, 0.2) is 42.5 Å². The van der Waals surface area contributed by atoms with Gasteiger partial charge in [-0.3, -0.25) is 14.5 Å². The van der Waals surface area contributed by atoms with Gasteiger partial charge in [-0.2, -0.15) is 0 Å². The minimum absolute atomic E-state index is 0.0698. The van der Waals surface area contributed by atoms with E-state index in [0.717, 1.165) is 75.4 Å². The molecule has 0 aliphatic carbocycles. The molecular weight excluding hydrogens is 520 g/mol. The van der Waals surface area contributed by atoms with Crippen molar-refractivity contribution < 1.29 is 19.8 Å². The van der Waals surface area contributed by atoms with Crippen molar-refractivity contribution in [1.29, 1.82) is 0 Å². The number of piperazine rings is 1. The number of nitrogens with one attached hydrogen (secondary N) is 2. The van der Waals surface area contributed by atoms with Crippen LogP contribution in [0.5, 0.6) is 0 Å². The van der Waals surface area contributed by atoms with E-state index >= 15 is 0 Å². The number of amides is 2. The van der Waals surface area contributed by atoms with Crippen LogP contribution in [-0.4, -0.2) is 92.9 Å². The lowest BCUT2D eigenvalue weighted by Crippen LogP contribution is -2.47. The van der Waals surface area contributed by atoms with Crippen LogP contribution >= 0.6 is 0 Å². The highest BCUT2D eigenvalue weighted by atomic mass is 16.3. The van der Waals surface area contributed by atoms with E-state index in [0.29, 0.717) is 24.3 Å². The predicted octanol–water partition coefficient (Wildman–Crippen LogP) is 2.07. The molecular formula is C31H32N6O4. The smallest absolute Gasteiger partial charge is 0.252 e. The number of aromatic nitrogens is 2. The number of likely N-dealkylation sites (N-methyl/N-ethyl adjacent to an activating group) is 1. The summed E-state index contributed by atoms with van der Waals surface area (Å²) in [5.41, 5.74) is 5.89. The molecule has 2 unspecified atom stereocenters. The quantitative estimate of drug-likeness (QED) is 0.273. The molecule has 10 nitrogen and oxygen atoms in total. The largest absolute Gasteiger partial charge is 0.388 e. The maximum atomic E-state index is 13.4. The first kappa shape index (κ1) is 24.8. The van der Waals surface area contributed by atoms with Gasteiger partial charge in [-0.05, 0) is 36.9 Å². The number of para-hydroxylation sites is 1. The second-order valence-electron chi connectivity index (χ2n) is 11.7. The van der Waals surface area contributed by atoms with Gasteiger partial charge in [0.15, 0.2) is 0 Å². The Morgan fingerprint density at radius 3 is 2.37 bits per heavy atom. The highest BCUT2D eigenvalue weighted by Gasteiger charge is 2.34. The van der Waals surface area contributed by atoms with Crippen LogP contribution in [0.2, 0.25) is 0 Å². The van der Waals surface area contributed by atoms with Gasteiger partial charge >= 0.3 is 0 Å². The van der Waals surface area contributed by atoms with Gasteiger partial charge in [0.1, 0.15) is 0 Å². The van der Waals surface area contributed by atoms with Gasteiger partial charge in [-0.15, -0.1) is 0 Å². The maximum Gasteiger partial charge on any atom is 0.252 e. The maximum absolute atomic E-state index is 13.4. The van der Waals surface area contributed by atoms with Crippen LogP contribution in [-0.2, 0) is 24.4 Å². The molecule has 1 fully saturated rings. The number of aliphatic hydroxyl groups excluding tert-OH is 2. The van der Waals surface area contributed by atoms with Crippen molar-refractivity contribution in [2.24, 2.45) is 0 Å². The Morgan fingerprint density at radius 1 is 0.927 bits per heavy atom. The number of carbonyl (C=O) groups is 2. The van der Waals surface area contributed by atoms with Gasteiger partial charge in [-0.1, -0.05) is 18.2 Å². The molecule has 2 atom stereocenters. The highest BCUT2D eigenvalue weighted by molar-refractivity contribution is 6.31. The van der Waals surface area contributed by atoms with Crippen LogP contribution in [0.3, 0.4) is 0 Å². The van der Waals surface area contributed by atoms with E-state index in [-0.39, 0.29) is 24.9 Å². The number of anilines is 1. The molecule has 5 heterocycles. The molecule has 0 saturated carbocycles. The first-order valence-corrected chi connectivity index (χ1v) is 14.3. The SMILES string of the molecule is CN1CCN(CC(=O)Nc2ccc3c(c2)c2c4c(c5c6ccccc6n6c5c2n3CC(O)C(O)C6)CNC4=O)CC1. The number of benzene rings is 3. The molecule has 210 valence electrons. The summed E-state index contributed by atoms with van der Waals surface area (Å²) < 4.78 is 4.13. The molecule has 3 aliphatic heterocycles. The lowest BCUT2D eigenvalue weighted by molar-refractivity contribution is -0.117. The molecule has 2 aromatic heterocycles.